The fraction of sp³-hybridized carbons (Fsp3) is 0.167. The van der Waals surface area contributed by atoms with Crippen LogP contribution in [0, 0.1) is 0 Å². The number of benzene rings is 2. The van der Waals surface area contributed by atoms with Gasteiger partial charge in [0.15, 0.2) is 11.1 Å². The maximum Gasteiger partial charge on any atom is 0.295 e. The first kappa shape index (κ1) is 39.9. The second-order valence-corrected chi connectivity index (χ2v) is 14.8. The van der Waals surface area contributed by atoms with E-state index >= 15 is 0 Å². The first-order chi connectivity index (χ1) is 24.1. The molecular formula is C24H24Cl2N10O11S4. The summed E-state index contributed by atoms with van der Waals surface area (Å²) in [5.41, 5.74) is 0.571. The van der Waals surface area contributed by atoms with Crippen molar-refractivity contribution < 1.29 is 49.3 Å². The normalized spacial score (nSPS) is 12.5. The van der Waals surface area contributed by atoms with Gasteiger partial charge in [0.05, 0.1) is 10.6 Å². The lowest BCUT2D eigenvalue weighted by Gasteiger charge is -2.11. The van der Waals surface area contributed by atoms with Crippen LogP contribution >= 0.6 is 35.2 Å². The molecule has 2 aromatic carbocycles. The Balaban J connectivity index is 1.53. The summed E-state index contributed by atoms with van der Waals surface area (Å²) in [6.45, 7) is 0.0303. The van der Waals surface area contributed by atoms with Crippen LogP contribution in [0.25, 0.3) is 12.2 Å². The van der Waals surface area contributed by atoms with Gasteiger partial charge in [0.1, 0.15) is 4.90 Å². The third-order valence-corrected chi connectivity index (χ3v) is 9.08. The second-order valence-electron chi connectivity index (χ2n) is 9.42. The smallest absolute Gasteiger partial charge is 0.295 e. The van der Waals surface area contributed by atoms with Crippen LogP contribution in [0.1, 0.15) is 11.1 Å². The molecule has 0 aliphatic rings. The first-order valence-corrected chi connectivity index (χ1v) is 19.4. The van der Waals surface area contributed by atoms with E-state index in [2.05, 4.69) is 60.5 Å². The molecule has 0 saturated carbocycles. The Morgan fingerprint density at radius 1 is 0.784 bits per heavy atom. The van der Waals surface area contributed by atoms with Crippen molar-refractivity contribution in [1.82, 2.24) is 29.9 Å². The van der Waals surface area contributed by atoms with Crippen molar-refractivity contribution in [2.75, 3.05) is 45.9 Å². The van der Waals surface area contributed by atoms with Gasteiger partial charge in [0, 0.05) is 42.3 Å². The van der Waals surface area contributed by atoms with Crippen molar-refractivity contribution >= 4 is 114 Å². The van der Waals surface area contributed by atoms with E-state index in [4.69, 9.17) is 33.0 Å². The summed E-state index contributed by atoms with van der Waals surface area (Å²) in [7, 11) is -9.08. The van der Waals surface area contributed by atoms with Gasteiger partial charge >= 0.3 is 0 Å². The minimum absolute atomic E-state index is 0.00474. The summed E-state index contributed by atoms with van der Waals surface area (Å²) in [4.78, 5) is 23.1. The van der Waals surface area contributed by atoms with Crippen LogP contribution in [-0.4, -0.2) is 94.5 Å². The predicted octanol–water partition coefficient (Wildman–Crippen LogP) is 3.63. The van der Waals surface area contributed by atoms with Gasteiger partial charge in [-0.1, -0.05) is 29.3 Å². The average molecular weight is 828 g/mol. The molecule has 1 atom stereocenters. The van der Waals surface area contributed by atoms with Gasteiger partial charge in [-0.15, -0.1) is 4.33 Å². The summed E-state index contributed by atoms with van der Waals surface area (Å²) in [5.74, 6) is -0.547. The quantitative estimate of drug-likeness (QED) is 0.0135. The van der Waals surface area contributed by atoms with Gasteiger partial charge in [0.2, 0.25) is 34.4 Å². The molecule has 8 N–H and O–H groups in total. The molecule has 0 spiro atoms. The highest BCUT2D eigenvalue weighted by Crippen LogP contribution is 2.27. The first-order valence-electron chi connectivity index (χ1n) is 13.5. The van der Waals surface area contributed by atoms with Gasteiger partial charge in [-0.25, -0.2) is 9.47 Å². The van der Waals surface area contributed by atoms with E-state index in [0.717, 1.165) is 18.1 Å². The lowest BCUT2D eigenvalue weighted by molar-refractivity contribution is -0.432. The van der Waals surface area contributed by atoms with Crippen molar-refractivity contribution in [2.45, 2.75) is 9.79 Å². The molecule has 4 rings (SSSR count). The zero-order valence-electron chi connectivity index (χ0n) is 25.2. The molecule has 0 aliphatic carbocycles. The molecule has 0 amide bonds. The minimum atomic E-state index is -4.82. The fourth-order valence-corrected chi connectivity index (χ4v) is 6.09. The molecule has 274 valence electrons. The average Bonchev–Trinajstić information content (AvgIpc) is 3.03. The number of hydrogen-bond acceptors (Lipinski definition) is 19. The standard InChI is InChI=1S/C24H24Cl2N10O11S4/c25-19-31-21(27-7-9-48-47-46-37)35-23(33-19)29-15-5-3-13(17(11-15)49(38)39)1-2-14-4-6-16(12-18(14)51(43,44)45)30-24-34-20(26)32-22(36-24)28-8-10-50(40,41)42/h1-6,11-12,37H,7-10H2,(H,38,39)(H,40,41,42)(H,43,44,45)(H2,27,29,31,33,35)(H2,28,30,32,34,36). The Hall–Kier alpha value is -3.86. The van der Waals surface area contributed by atoms with Crippen LogP contribution in [0.5, 0.6) is 0 Å². The molecule has 2 heterocycles. The maximum absolute atomic E-state index is 12.3. The summed E-state index contributed by atoms with van der Waals surface area (Å²) >= 11 is 10.2. The van der Waals surface area contributed by atoms with Gasteiger partial charge in [-0.2, -0.15) is 46.7 Å². The predicted molar refractivity (Wildman–Crippen MR) is 188 cm³/mol. The Morgan fingerprint density at radius 3 is 1.86 bits per heavy atom. The number of nitrogens with zero attached hydrogens (tertiary/aromatic N) is 6. The molecule has 0 saturated heterocycles. The largest absolute Gasteiger partial charge is 0.353 e. The van der Waals surface area contributed by atoms with Crippen LogP contribution in [0.15, 0.2) is 46.2 Å². The van der Waals surface area contributed by atoms with Crippen molar-refractivity contribution in [3.05, 3.63) is 58.1 Å². The Labute approximate surface area is 305 Å². The summed E-state index contributed by atoms with van der Waals surface area (Å²) in [6, 6.07) is 8.10. The number of anilines is 6. The van der Waals surface area contributed by atoms with Crippen LogP contribution in [-0.2, 0) is 40.7 Å². The highest BCUT2D eigenvalue weighted by Gasteiger charge is 2.17. The van der Waals surface area contributed by atoms with Crippen molar-refractivity contribution in [3.63, 3.8) is 0 Å². The molecule has 21 nitrogen and oxygen atoms in total. The molecule has 0 bridgehead atoms. The zero-order chi connectivity index (χ0) is 37.2. The van der Waals surface area contributed by atoms with E-state index < -0.39 is 42.0 Å². The molecule has 0 fully saturated rings. The van der Waals surface area contributed by atoms with Gasteiger partial charge in [-0.05, 0) is 58.6 Å². The monoisotopic (exact) mass is 826 g/mol. The van der Waals surface area contributed by atoms with E-state index in [1.807, 2.05) is 0 Å². The Kier molecular flexibility index (Phi) is 14.1. The second kappa shape index (κ2) is 18.1. The molecule has 1 unspecified atom stereocenters. The van der Waals surface area contributed by atoms with Crippen LogP contribution in [0.4, 0.5) is 35.2 Å². The summed E-state index contributed by atoms with van der Waals surface area (Å²) < 4.78 is 91.9. The third kappa shape index (κ3) is 13.0. The minimum Gasteiger partial charge on any atom is -0.353 e. The summed E-state index contributed by atoms with van der Waals surface area (Å²) in [6.07, 6.45) is 2.65. The molecule has 4 aromatic rings. The fourth-order valence-electron chi connectivity index (χ4n) is 3.83. The number of nitrogens with one attached hydrogen (secondary N) is 4. The zero-order valence-corrected chi connectivity index (χ0v) is 29.9. The topological polar surface area (TPSA) is 310 Å². The summed E-state index contributed by atoms with van der Waals surface area (Å²) in [5, 5.41) is 22.1. The third-order valence-electron chi connectivity index (χ3n) is 5.85. The number of aromatic nitrogens is 6. The van der Waals surface area contributed by atoms with Crippen molar-refractivity contribution in [3.8, 4) is 0 Å². The molecule has 2 aromatic heterocycles. The van der Waals surface area contributed by atoms with E-state index in [1.54, 1.807) is 0 Å². The van der Waals surface area contributed by atoms with Gasteiger partial charge in [0.25, 0.3) is 20.2 Å². The number of halogens is 2. The van der Waals surface area contributed by atoms with E-state index in [1.165, 1.54) is 42.5 Å². The van der Waals surface area contributed by atoms with Crippen LogP contribution in [0.3, 0.4) is 0 Å². The van der Waals surface area contributed by atoms with E-state index in [0.29, 0.717) is 5.75 Å². The van der Waals surface area contributed by atoms with Crippen LogP contribution in [0.2, 0.25) is 10.6 Å². The molecule has 0 radical (unpaired) electrons. The molecule has 51 heavy (non-hydrogen) atoms. The maximum atomic E-state index is 12.3. The van der Waals surface area contributed by atoms with E-state index in [-0.39, 0.29) is 74.8 Å². The van der Waals surface area contributed by atoms with E-state index in [9.17, 15) is 30.1 Å². The van der Waals surface area contributed by atoms with Crippen LogP contribution < -0.4 is 21.3 Å². The molecule has 0 aliphatic heterocycles. The number of hydrogen-bond donors (Lipinski definition) is 8. The Bertz CT molecular complexity index is 2150. The highest BCUT2D eigenvalue weighted by molar-refractivity contribution is 7.94. The Morgan fingerprint density at radius 2 is 1.31 bits per heavy atom. The van der Waals surface area contributed by atoms with Gasteiger partial charge < -0.3 is 25.8 Å². The van der Waals surface area contributed by atoms with Gasteiger partial charge in [-0.3, -0.25) is 9.11 Å². The lowest BCUT2D eigenvalue weighted by atomic mass is 10.1. The lowest BCUT2D eigenvalue weighted by Crippen LogP contribution is -2.16. The highest BCUT2D eigenvalue weighted by atomic mass is 35.5. The SMILES string of the molecule is O=S(O)c1cc(Nc2nc(Cl)nc(NCCSOOO)n2)ccc1C=Cc1ccc(Nc2nc(Cl)nc(NCCS(=O)(=O)O)n2)cc1S(=O)(=O)O. The molecular weight excluding hydrogens is 803 g/mol. The molecule has 27 heteroatoms. The van der Waals surface area contributed by atoms with Crippen molar-refractivity contribution in [1.29, 1.82) is 0 Å². The number of rotatable bonds is 18. The van der Waals surface area contributed by atoms with Crippen molar-refractivity contribution in [2.24, 2.45) is 0 Å².